The average Bonchev–Trinajstić information content (AvgIpc) is 2.14. The Morgan fingerprint density at radius 2 is 2.40 bits per heavy atom. The molecule has 1 aliphatic heterocycles. The van der Waals surface area contributed by atoms with Crippen molar-refractivity contribution in [1.29, 1.82) is 0 Å². The molecule has 0 aromatic heterocycles. The van der Waals surface area contributed by atoms with E-state index in [1.54, 1.807) is 0 Å². The Morgan fingerprint density at radius 3 is 2.60 bits per heavy atom. The minimum absolute atomic E-state index is 0. The number of hydrogen-bond acceptors (Lipinski definition) is 4. The molecule has 0 spiro atoms. The summed E-state index contributed by atoms with van der Waals surface area (Å²) in [5.41, 5.74) is 0. The Balaban J connectivity index is 0.000000810. The summed E-state index contributed by atoms with van der Waals surface area (Å²) >= 11 is 0.963. The van der Waals surface area contributed by atoms with E-state index in [1.807, 2.05) is 0 Å². The summed E-state index contributed by atoms with van der Waals surface area (Å²) in [6, 6.07) is -0.789. The standard InChI is InChI=1S/C4H5NO3S.K/c6-3(7)2-1-9-4(8)5-2;/h2H,1H2,(H,5,8)(H,6,7);/q;+1/p-1. The van der Waals surface area contributed by atoms with Gasteiger partial charge in [0.15, 0.2) is 0 Å². The van der Waals surface area contributed by atoms with Gasteiger partial charge in [-0.3, -0.25) is 4.79 Å². The van der Waals surface area contributed by atoms with Crippen molar-refractivity contribution in [3.05, 3.63) is 0 Å². The van der Waals surface area contributed by atoms with Crippen LogP contribution in [0.2, 0.25) is 0 Å². The van der Waals surface area contributed by atoms with Crippen LogP contribution in [-0.2, 0) is 4.79 Å². The van der Waals surface area contributed by atoms with E-state index in [2.05, 4.69) is 5.32 Å². The molecule has 1 saturated heterocycles. The number of thioether (sulfide) groups is 1. The number of carbonyl (C=O) groups is 2. The van der Waals surface area contributed by atoms with Gasteiger partial charge in [-0.05, 0) is 0 Å². The maximum Gasteiger partial charge on any atom is 1.00 e. The zero-order chi connectivity index (χ0) is 6.85. The van der Waals surface area contributed by atoms with E-state index in [9.17, 15) is 14.7 Å². The van der Waals surface area contributed by atoms with Crippen LogP contribution in [0.15, 0.2) is 0 Å². The van der Waals surface area contributed by atoms with Crippen molar-refractivity contribution in [2.24, 2.45) is 0 Å². The first-order valence-electron chi connectivity index (χ1n) is 2.34. The normalized spacial score (nSPS) is 23.2. The fourth-order valence-electron chi connectivity index (χ4n) is 0.512. The number of amides is 1. The third kappa shape index (κ3) is 2.89. The summed E-state index contributed by atoms with van der Waals surface area (Å²) in [4.78, 5) is 20.3. The van der Waals surface area contributed by atoms with Gasteiger partial charge >= 0.3 is 51.4 Å². The van der Waals surface area contributed by atoms with Crippen LogP contribution in [0.3, 0.4) is 0 Å². The van der Waals surface area contributed by atoms with Crippen LogP contribution in [0.5, 0.6) is 0 Å². The third-order valence-corrected chi connectivity index (χ3v) is 1.84. The number of aliphatic carboxylic acids is 1. The first-order chi connectivity index (χ1) is 4.20. The summed E-state index contributed by atoms with van der Waals surface area (Å²) in [7, 11) is 0. The van der Waals surface area contributed by atoms with Gasteiger partial charge in [0.2, 0.25) is 0 Å². The van der Waals surface area contributed by atoms with E-state index >= 15 is 0 Å². The Morgan fingerprint density at radius 1 is 1.80 bits per heavy atom. The first-order valence-corrected chi connectivity index (χ1v) is 3.33. The van der Waals surface area contributed by atoms with E-state index < -0.39 is 12.0 Å². The summed E-state index contributed by atoms with van der Waals surface area (Å²) in [6.45, 7) is 0. The monoisotopic (exact) mass is 185 g/mol. The second-order valence-corrected chi connectivity index (χ2v) is 2.61. The Kier molecular flexibility index (Phi) is 5.17. The molecule has 0 aliphatic carbocycles. The van der Waals surface area contributed by atoms with Gasteiger partial charge in [0.05, 0.1) is 12.0 Å². The molecule has 1 amide bonds. The molecule has 0 aromatic carbocycles. The Bertz CT molecular complexity index is 163. The smallest absolute Gasteiger partial charge is 0.548 e. The SMILES string of the molecule is O=C1NC(C(=O)[O-])CS1.[K+]. The predicted molar refractivity (Wildman–Crippen MR) is 29.8 cm³/mol. The molecule has 4 nitrogen and oxygen atoms in total. The topological polar surface area (TPSA) is 69.2 Å². The van der Waals surface area contributed by atoms with Crippen LogP contribution in [0.1, 0.15) is 0 Å². The van der Waals surface area contributed by atoms with Gasteiger partial charge in [0.1, 0.15) is 0 Å². The van der Waals surface area contributed by atoms with Gasteiger partial charge in [-0.1, -0.05) is 11.8 Å². The first kappa shape index (κ1) is 10.9. The van der Waals surface area contributed by atoms with Gasteiger partial charge in [-0.15, -0.1) is 0 Å². The summed E-state index contributed by atoms with van der Waals surface area (Å²) in [5.74, 6) is -0.936. The van der Waals surface area contributed by atoms with Crippen molar-refractivity contribution in [1.82, 2.24) is 5.32 Å². The molecule has 1 fully saturated rings. The Hall–Kier alpha value is 0.926. The Labute approximate surface area is 105 Å². The van der Waals surface area contributed by atoms with Crippen LogP contribution in [0.4, 0.5) is 4.79 Å². The molecule has 1 atom stereocenters. The molecule has 1 heterocycles. The van der Waals surface area contributed by atoms with Crippen LogP contribution in [0.25, 0.3) is 0 Å². The quantitative estimate of drug-likeness (QED) is 0.419. The molecule has 1 aliphatic rings. The van der Waals surface area contributed by atoms with Gasteiger partial charge in [-0.25, -0.2) is 0 Å². The number of hydrogen-bond donors (Lipinski definition) is 1. The molecule has 6 heteroatoms. The summed E-state index contributed by atoms with van der Waals surface area (Å²) in [5, 5.41) is 11.9. The largest absolute Gasteiger partial charge is 1.00 e. The summed E-state index contributed by atoms with van der Waals surface area (Å²) in [6.07, 6.45) is 0. The zero-order valence-corrected chi connectivity index (χ0v) is 9.36. The number of carboxylic acid groups (broad SMARTS) is 1. The number of nitrogens with one attached hydrogen (secondary N) is 1. The molecular weight excluding hydrogens is 181 g/mol. The molecule has 50 valence electrons. The molecule has 10 heavy (non-hydrogen) atoms. The van der Waals surface area contributed by atoms with E-state index in [4.69, 9.17) is 0 Å². The molecule has 0 bridgehead atoms. The fourth-order valence-corrected chi connectivity index (χ4v) is 1.27. The molecule has 0 radical (unpaired) electrons. The van der Waals surface area contributed by atoms with Gasteiger partial charge < -0.3 is 15.2 Å². The molecule has 0 aromatic rings. The number of carboxylic acids is 1. The second kappa shape index (κ2) is 4.73. The van der Waals surface area contributed by atoms with Gasteiger partial charge in [0.25, 0.3) is 5.24 Å². The van der Waals surface area contributed by atoms with E-state index in [0.29, 0.717) is 0 Å². The van der Waals surface area contributed by atoms with Crippen LogP contribution in [0, 0.1) is 0 Å². The maximum atomic E-state index is 10.3. The summed E-state index contributed by atoms with van der Waals surface area (Å²) < 4.78 is 0. The van der Waals surface area contributed by atoms with Crippen LogP contribution in [-0.4, -0.2) is 23.0 Å². The maximum absolute atomic E-state index is 10.3. The second-order valence-electron chi connectivity index (χ2n) is 1.61. The minimum atomic E-state index is -1.21. The number of carbonyl (C=O) groups excluding carboxylic acids is 2. The molecule has 1 rings (SSSR count). The van der Waals surface area contributed by atoms with Crippen LogP contribution < -0.4 is 61.8 Å². The predicted octanol–water partition coefficient (Wildman–Crippen LogP) is -4.43. The average molecular weight is 185 g/mol. The van der Waals surface area contributed by atoms with Crippen molar-refractivity contribution in [2.75, 3.05) is 5.75 Å². The van der Waals surface area contributed by atoms with E-state index in [-0.39, 0.29) is 62.4 Å². The number of rotatable bonds is 1. The fraction of sp³-hybridized carbons (Fsp3) is 0.500. The van der Waals surface area contributed by atoms with Gasteiger partial charge in [0, 0.05) is 5.75 Å². The minimum Gasteiger partial charge on any atom is -0.548 e. The third-order valence-electron chi connectivity index (χ3n) is 0.958. The molecule has 0 saturated carbocycles. The van der Waals surface area contributed by atoms with Crippen molar-refractivity contribution >= 4 is 23.0 Å². The molecule has 1 unspecified atom stereocenters. The van der Waals surface area contributed by atoms with Crippen LogP contribution >= 0.6 is 11.8 Å². The van der Waals surface area contributed by atoms with Crippen molar-refractivity contribution in [3.8, 4) is 0 Å². The van der Waals surface area contributed by atoms with Crippen molar-refractivity contribution < 1.29 is 66.1 Å². The van der Waals surface area contributed by atoms with Gasteiger partial charge in [-0.2, -0.15) is 0 Å². The van der Waals surface area contributed by atoms with Crippen molar-refractivity contribution in [3.63, 3.8) is 0 Å². The zero-order valence-electron chi connectivity index (χ0n) is 5.42. The molecular formula is C4H4KNO3S. The van der Waals surface area contributed by atoms with E-state index in [1.165, 1.54) is 0 Å². The molecule has 1 N–H and O–H groups in total. The van der Waals surface area contributed by atoms with Crippen molar-refractivity contribution in [2.45, 2.75) is 6.04 Å². The van der Waals surface area contributed by atoms with E-state index in [0.717, 1.165) is 11.8 Å².